The summed E-state index contributed by atoms with van der Waals surface area (Å²) in [6.45, 7) is 5.71. The molecule has 3 aromatic rings. The molecule has 1 fully saturated rings. The third kappa shape index (κ3) is 3.83. The molecule has 0 atom stereocenters. The molecule has 1 aromatic carbocycles. The van der Waals surface area contributed by atoms with E-state index in [9.17, 15) is 14.0 Å². The van der Waals surface area contributed by atoms with Crippen molar-refractivity contribution in [2.45, 2.75) is 13.8 Å². The largest absolute Gasteiger partial charge is 0.354 e. The van der Waals surface area contributed by atoms with Gasteiger partial charge in [0, 0.05) is 70.6 Å². The molecule has 1 amide bonds. The van der Waals surface area contributed by atoms with Crippen molar-refractivity contribution >= 4 is 17.5 Å². The highest BCUT2D eigenvalue weighted by atomic mass is 19.1. The number of amides is 1. The average molecular weight is 420 g/mol. The second-order valence-corrected chi connectivity index (χ2v) is 7.77. The fraction of sp³-hybridized carbons (Fsp3) is 0.292. The molecular weight excluding hydrogens is 395 g/mol. The molecule has 160 valence electrons. The lowest BCUT2D eigenvalue weighted by molar-refractivity contribution is -0.129. The minimum absolute atomic E-state index is 0.0641. The summed E-state index contributed by atoms with van der Waals surface area (Å²) in [5, 5.41) is 0. The normalized spacial score (nSPS) is 14.1. The number of hydrogen-bond acceptors (Lipinski definition) is 4. The highest BCUT2D eigenvalue weighted by Gasteiger charge is 2.30. The summed E-state index contributed by atoms with van der Waals surface area (Å²) >= 11 is 0. The third-order valence-electron chi connectivity index (χ3n) is 5.82. The molecule has 7 heteroatoms. The number of rotatable bonds is 4. The second kappa shape index (κ2) is 8.34. The summed E-state index contributed by atoms with van der Waals surface area (Å²) in [6, 6.07) is 10.1. The van der Waals surface area contributed by atoms with Gasteiger partial charge in [-0.15, -0.1) is 0 Å². The number of nitrogens with zero attached hydrogens (tertiary/aromatic N) is 4. The van der Waals surface area contributed by atoms with E-state index in [4.69, 9.17) is 0 Å². The molecule has 0 unspecified atom stereocenters. The summed E-state index contributed by atoms with van der Waals surface area (Å²) in [4.78, 5) is 32.7. The van der Waals surface area contributed by atoms with Gasteiger partial charge < -0.3 is 14.4 Å². The first kappa shape index (κ1) is 20.8. The van der Waals surface area contributed by atoms with E-state index in [-0.39, 0.29) is 17.5 Å². The average Bonchev–Trinajstić information content (AvgIpc) is 3.08. The molecule has 3 heterocycles. The standard InChI is InChI=1S/C24H25FN4O2/c1-16(30)23-21(18-4-6-20(25)7-5-18)22(19-8-10-26-11-9-19)24(27(23)3)29-14-12-28(13-15-29)17(2)31/h4-11H,12-15H2,1-3H3. The van der Waals surface area contributed by atoms with Crippen LogP contribution in [-0.2, 0) is 11.8 Å². The van der Waals surface area contributed by atoms with E-state index in [1.165, 1.54) is 12.1 Å². The zero-order valence-corrected chi connectivity index (χ0v) is 17.9. The fourth-order valence-electron chi connectivity index (χ4n) is 4.38. The number of ketones is 1. The number of pyridine rings is 1. The highest BCUT2D eigenvalue weighted by Crippen LogP contribution is 2.44. The van der Waals surface area contributed by atoms with Crippen LogP contribution in [0.5, 0.6) is 0 Å². The lowest BCUT2D eigenvalue weighted by atomic mass is 9.95. The molecule has 6 nitrogen and oxygen atoms in total. The van der Waals surface area contributed by atoms with Gasteiger partial charge in [-0.2, -0.15) is 0 Å². The first-order valence-corrected chi connectivity index (χ1v) is 10.3. The molecule has 1 saturated heterocycles. The van der Waals surface area contributed by atoms with Gasteiger partial charge in [-0.05, 0) is 35.4 Å². The van der Waals surface area contributed by atoms with E-state index < -0.39 is 0 Å². The van der Waals surface area contributed by atoms with Gasteiger partial charge in [-0.25, -0.2) is 4.39 Å². The van der Waals surface area contributed by atoms with E-state index >= 15 is 0 Å². The van der Waals surface area contributed by atoms with Crippen LogP contribution in [0.15, 0.2) is 48.8 Å². The van der Waals surface area contributed by atoms with Crippen LogP contribution >= 0.6 is 0 Å². The van der Waals surface area contributed by atoms with Crippen molar-refractivity contribution in [3.8, 4) is 22.3 Å². The number of hydrogen-bond donors (Lipinski definition) is 0. The number of benzene rings is 1. The van der Waals surface area contributed by atoms with Crippen LogP contribution in [0.3, 0.4) is 0 Å². The Morgan fingerprint density at radius 2 is 1.45 bits per heavy atom. The van der Waals surface area contributed by atoms with Crippen LogP contribution < -0.4 is 4.90 Å². The Morgan fingerprint density at radius 3 is 2.00 bits per heavy atom. The quantitative estimate of drug-likeness (QED) is 0.603. The van der Waals surface area contributed by atoms with Gasteiger partial charge in [0.1, 0.15) is 11.6 Å². The summed E-state index contributed by atoms with van der Waals surface area (Å²) in [6.07, 6.45) is 3.45. The second-order valence-electron chi connectivity index (χ2n) is 7.77. The van der Waals surface area contributed by atoms with Gasteiger partial charge in [0.05, 0.1) is 5.69 Å². The molecule has 0 radical (unpaired) electrons. The third-order valence-corrected chi connectivity index (χ3v) is 5.82. The van der Waals surface area contributed by atoms with Gasteiger partial charge >= 0.3 is 0 Å². The Balaban J connectivity index is 1.94. The number of anilines is 1. The maximum atomic E-state index is 13.6. The van der Waals surface area contributed by atoms with Crippen LogP contribution in [0.1, 0.15) is 24.3 Å². The van der Waals surface area contributed by atoms with Crippen LogP contribution in [-0.4, -0.2) is 52.3 Å². The number of aromatic nitrogens is 2. The van der Waals surface area contributed by atoms with Crippen molar-refractivity contribution in [1.82, 2.24) is 14.5 Å². The van der Waals surface area contributed by atoms with Gasteiger partial charge in [0.2, 0.25) is 5.91 Å². The molecule has 31 heavy (non-hydrogen) atoms. The first-order valence-electron chi connectivity index (χ1n) is 10.3. The zero-order valence-electron chi connectivity index (χ0n) is 17.9. The number of piperazine rings is 1. The number of carbonyl (C=O) groups excluding carboxylic acids is 2. The molecule has 0 bridgehead atoms. The van der Waals surface area contributed by atoms with Crippen molar-refractivity contribution in [3.05, 3.63) is 60.3 Å². The smallest absolute Gasteiger partial charge is 0.219 e. The van der Waals surface area contributed by atoms with Crippen LogP contribution in [0, 0.1) is 5.82 Å². The van der Waals surface area contributed by atoms with Crippen molar-refractivity contribution in [2.75, 3.05) is 31.1 Å². The molecule has 1 aliphatic rings. The Kier molecular flexibility index (Phi) is 5.59. The van der Waals surface area contributed by atoms with E-state index in [2.05, 4.69) is 9.88 Å². The van der Waals surface area contributed by atoms with E-state index in [1.807, 2.05) is 28.6 Å². The van der Waals surface area contributed by atoms with Crippen LogP contribution in [0.25, 0.3) is 22.3 Å². The molecular formula is C24H25FN4O2. The molecule has 0 spiro atoms. The summed E-state index contributed by atoms with van der Waals surface area (Å²) in [7, 11) is 1.89. The lowest BCUT2D eigenvalue weighted by Gasteiger charge is -2.36. The zero-order chi connectivity index (χ0) is 22.1. The Morgan fingerprint density at radius 1 is 0.871 bits per heavy atom. The maximum absolute atomic E-state index is 13.6. The lowest BCUT2D eigenvalue weighted by Crippen LogP contribution is -2.48. The number of carbonyl (C=O) groups is 2. The van der Waals surface area contributed by atoms with Crippen molar-refractivity contribution in [2.24, 2.45) is 7.05 Å². The predicted molar refractivity (Wildman–Crippen MR) is 119 cm³/mol. The predicted octanol–water partition coefficient (Wildman–Crippen LogP) is 3.76. The molecule has 0 N–H and O–H groups in total. The SMILES string of the molecule is CC(=O)c1c(-c2ccc(F)cc2)c(-c2ccncc2)c(N2CCN(C(C)=O)CC2)n1C. The van der Waals surface area contributed by atoms with Gasteiger partial charge in [-0.3, -0.25) is 14.6 Å². The van der Waals surface area contributed by atoms with Crippen LogP contribution in [0.2, 0.25) is 0 Å². The molecule has 4 rings (SSSR count). The Hall–Kier alpha value is -3.48. The monoisotopic (exact) mass is 420 g/mol. The fourth-order valence-corrected chi connectivity index (χ4v) is 4.38. The van der Waals surface area contributed by atoms with Crippen molar-refractivity contribution in [1.29, 1.82) is 0 Å². The summed E-state index contributed by atoms with van der Waals surface area (Å²) in [5.74, 6) is 0.595. The van der Waals surface area contributed by atoms with E-state index in [1.54, 1.807) is 38.4 Å². The molecule has 0 saturated carbocycles. The van der Waals surface area contributed by atoms with E-state index in [0.29, 0.717) is 31.9 Å². The summed E-state index contributed by atoms with van der Waals surface area (Å²) < 4.78 is 15.6. The Labute approximate surface area is 180 Å². The Bertz CT molecular complexity index is 1110. The van der Waals surface area contributed by atoms with E-state index in [0.717, 1.165) is 28.1 Å². The maximum Gasteiger partial charge on any atom is 0.219 e. The molecule has 0 aliphatic carbocycles. The summed E-state index contributed by atoms with van der Waals surface area (Å²) in [5.41, 5.74) is 3.98. The van der Waals surface area contributed by atoms with Gasteiger partial charge in [0.15, 0.2) is 5.78 Å². The van der Waals surface area contributed by atoms with Gasteiger partial charge in [0.25, 0.3) is 0 Å². The first-order chi connectivity index (χ1) is 14.9. The topological polar surface area (TPSA) is 58.4 Å². The molecule has 1 aliphatic heterocycles. The molecule has 2 aromatic heterocycles. The number of Topliss-reactive ketones (excluding diaryl/α,β-unsaturated/α-hetero) is 1. The number of halogens is 1. The van der Waals surface area contributed by atoms with Crippen LogP contribution in [0.4, 0.5) is 10.2 Å². The van der Waals surface area contributed by atoms with Crippen molar-refractivity contribution < 1.29 is 14.0 Å². The van der Waals surface area contributed by atoms with Gasteiger partial charge in [-0.1, -0.05) is 12.1 Å². The van der Waals surface area contributed by atoms with Crippen molar-refractivity contribution in [3.63, 3.8) is 0 Å². The minimum Gasteiger partial charge on any atom is -0.354 e. The minimum atomic E-state index is -0.324. The highest BCUT2D eigenvalue weighted by molar-refractivity contribution is 6.07.